The van der Waals surface area contributed by atoms with E-state index in [1.807, 2.05) is 12.1 Å². The zero-order valence-electron chi connectivity index (χ0n) is 19.9. The molecule has 3 amide bonds. The van der Waals surface area contributed by atoms with Crippen molar-refractivity contribution in [2.45, 2.75) is 25.1 Å². The quantitative estimate of drug-likeness (QED) is 0.353. The lowest BCUT2D eigenvalue weighted by molar-refractivity contribution is 0.0536. The molecule has 2 aliphatic rings. The minimum atomic E-state index is -1.01. The van der Waals surface area contributed by atoms with Crippen molar-refractivity contribution in [2.24, 2.45) is 0 Å². The summed E-state index contributed by atoms with van der Waals surface area (Å²) in [5, 5.41) is 24.1. The van der Waals surface area contributed by atoms with Crippen molar-refractivity contribution in [3.8, 4) is 5.75 Å². The molecule has 2 bridgehead atoms. The highest BCUT2D eigenvalue weighted by atomic mass is 16.5. The molecule has 0 radical (unpaired) electrons. The number of hydrogen-bond acceptors (Lipinski definition) is 9. The summed E-state index contributed by atoms with van der Waals surface area (Å²) in [7, 11) is 0. The fourth-order valence-electron chi connectivity index (χ4n) is 4.36. The second-order valence-electron chi connectivity index (χ2n) is 8.80. The van der Waals surface area contributed by atoms with Crippen LogP contribution in [0.5, 0.6) is 5.75 Å². The van der Waals surface area contributed by atoms with Gasteiger partial charge in [0.15, 0.2) is 5.82 Å². The van der Waals surface area contributed by atoms with Gasteiger partial charge in [0.1, 0.15) is 30.0 Å². The molecule has 37 heavy (non-hydrogen) atoms. The first kappa shape index (κ1) is 24.4. The minimum Gasteiger partial charge on any atom is -0.491 e. The fraction of sp³-hybridized carbons (Fsp3) is 0.320. The molecule has 5 rings (SSSR count). The molecule has 0 aromatic carbocycles. The van der Waals surface area contributed by atoms with Crippen molar-refractivity contribution >= 4 is 29.3 Å². The molecule has 4 N–H and O–H groups in total. The lowest BCUT2D eigenvalue weighted by Gasteiger charge is -2.35. The Morgan fingerprint density at radius 1 is 1.22 bits per heavy atom. The van der Waals surface area contributed by atoms with Gasteiger partial charge >= 0.3 is 6.03 Å². The van der Waals surface area contributed by atoms with E-state index in [0.717, 1.165) is 24.2 Å². The molecule has 3 aromatic heterocycles. The Bertz CT molecular complexity index is 1280. The van der Waals surface area contributed by atoms with Crippen LogP contribution in [-0.2, 0) is 6.54 Å². The van der Waals surface area contributed by atoms with Gasteiger partial charge in [0.2, 0.25) is 0 Å². The van der Waals surface area contributed by atoms with E-state index in [1.165, 1.54) is 12.3 Å². The van der Waals surface area contributed by atoms with Crippen molar-refractivity contribution in [1.29, 1.82) is 0 Å². The van der Waals surface area contributed by atoms with Crippen molar-refractivity contribution < 1.29 is 24.5 Å². The number of aromatic nitrogens is 3. The molecule has 12 nitrogen and oxygen atoms in total. The van der Waals surface area contributed by atoms with E-state index in [4.69, 9.17) is 9.84 Å². The van der Waals surface area contributed by atoms with Crippen LogP contribution in [0.2, 0.25) is 0 Å². The number of aliphatic hydroxyl groups excluding tert-OH is 2. The monoisotopic (exact) mass is 505 g/mol. The molecular weight excluding hydrogens is 478 g/mol. The molecule has 0 aliphatic carbocycles. The Hall–Kier alpha value is -4.29. The number of ether oxygens (including phenoxy) is 1. The summed E-state index contributed by atoms with van der Waals surface area (Å²) < 4.78 is 5.45. The van der Waals surface area contributed by atoms with Gasteiger partial charge < -0.3 is 25.2 Å². The van der Waals surface area contributed by atoms with E-state index in [0.29, 0.717) is 24.7 Å². The van der Waals surface area contributed by atoms with Gasteiger partial charge in [-0.3, -0.25) is 20.0 Å². The molecule has 1 saturated heterocycles. The molecule has 5 heterocycles. The maximum atomic E-state index is 13.4. The summed E-state index contributed by atoms with van der Waals surface area (Å²) in [6, 6.07) is 9.74. The average Bonchev–Trinajstić information content (AvgIpc) is 3.35. The number of urea groups is 1. The highest BCUT2D eigenvalue weighted by Crippen LogP contribution is 2.39. The Morgan fingerprint density at radius 2 is 2.11 bits per heavy atom. The second-order valence-corrected chi connectivity index (χ2v) is 8.80. The van der Waals surface area contributed by atoms with E-state index < -0.39 is 18.7 Å². The van der Waals surface area contributed by atoms with Gasteiger partial charge in [-0.2, -0.15) is 0 Å². The van der Waals surface area contributed by atoms with E-state index in [9.17, 15) is 14.7 Å². The van der Waals surface area contributed by atoms with Gasteiger partial charge in [0.05, 0.1) is 18.3 Å². The van der Waals surface area contributed by atoms with E-state index in [1.54, 1.807) is 35.5 Å². The van der Waals surface area contributed by atoms with Crippen LogP contribution in [0, 0.1) is 0 Å². The first-order valence-corrected chi connectivity index (χ1v) is 11.9. The number of carbonyl (C=O) groups excluding carboxylic acids is 2. The Balaban J connectivity index is 1.33. The number of rotatable bonds is 8. The van der Waals surface area contributed by atoms with Gasteiger partial charge in [0.25, 0.3) is 5.91 Å². The summed E-state index contributed by atoms with van der Waals surface area (Å²) in [5.41, 5.74) is 1.86. The van der Waals surface area contributed by atoms with Crippen molar-refractivity contribution in [3.63, 3.8) is 0 Å². The van der Waals surface area contributed by atoms with Crippen molar-refractivity contribution in [1.82, 2.24) is 20.3 Å². The van der Waals surface area contributed by atoms with Crippen LogP contribution >= 0.6 is 0 Å². The standard InChI is InChI=1S/C25H27N7O5/c33-14-18(34)15-37-19-5-8-27-22(10-19)30-25(36)32-17-6-9-31(13-17)21-4-3-20(29-23(21)32)24(35)28-12-16-2-1-7-26-11-16/h1-5,7-8,10-11,17-18,33-34H,6,9,12-15H2,(H,28,35)(H,27,30,36)/t17-,18?/m0/s1. The number of aliphatic hydroxyl groups is 2. The number of pyridine rings is 3. The summed E-state index contributed by atoms with van der Waals surface area (Å²) in [4.78, 5) is 42.8. The van der Waals surface area contributed by atoms with Gasteiger partial charge in [-0.05, 0) is 36.2 Å². The van der Waals surface area contributed by atoms with E-state index in [-0.39, 0.29) is 30.1 Å². The largest absolute Gasteiger partial charge is 0.491 e. The first-order chi connectivity index (χ1) is 18.0. The predicted molar refractivity (Wildman–Crippen MR) is 135 cm³/mol. The maximum Gasteiger partial charge on any atom is 0.329 e. The molecule has 12 heteroatoms. The van der Waals surface area contributed by atoms with Crippen LogP contribution in [0.4, 0.5) is 22.1 Å². The molecule has 2 atom stereocenters. The normalized spacial score (nSPS) is 16.6. The number of amides is 3. The number of carbonyl (C=O) groups is 2. The molecule has 1 unspecified atom stereocenters. The van der Waals surface area contributed by atoms with E-state index >= 15 is 0 Å². The summed E-state index contributed by atoms with van der Waals surface area (Å²) in [6.45, 7) is 1.25. The first-order valence-electron chi connectivity index (χ1n) is 11.9. The zero-order valence-corrected chi connectivity index (χ0v) is 19.9. The van der Waals surface area contributed by atoms with Gasteiger partial charge in [-0.25, -0.2) is 14.8 Å². The van der Waals surface area contributed by atoms with Gasteiger partial charge in [0, 0.05) is 44.3 Å². The zero-order chi connectivity index (χ0) is 25.8. The van der Waals surface area contributed by atoms with Gasteiger partial charge in [-0.15, -0.1) is 0 Å². The van der Waals surface area contributed by atoms with Crippen LogP contribution in [0.3, 0.4) is 0 Å². The van der Waals surface area contributed by atoms with Gasteiger partial charge in [-0.1, -0.05) is 6.07 Å². The van der Waals surface area contributed by atoms with Crippen LogP contribution < -0.4 is 25.2 Å². The SMILES string of the molecule is O=C(NCc1cccnc1)c1ccc2c(n1)N(C(=O)Nc1cc(OCC(O)CO)ccn1)[C@H]1CCN2C1. The van der Waals surface area contributed by atoms with Crippen LogP contribution in [0.25, 0.3) is 0 Å². The van der Waals surface area contributed by atoms with Crippen molar-refractivity contribution in [2.75, 3.05) is 41.4 Å². The fourth-order valence-corrected chi connectivity index (χ4v) is 4.36. The smallest absolute Gasteiger partial charge is 0.329 e. The molecule has 2 aliphatic heterocycles. The predicted octanol–water partition coefficient (Wildman–Crippen LogP) is 1.16. The molecule has 0 spiro atoms. The number of fused-ring (bicyclic) bond motifs is 4. The molecule has 0 saturated carbocycles. The number of nitrogens with zero attached hydrogens (tertiary/aromatic N) is 5. The molecule has 192 valence electrons. The Labute approximate surface area is 212 Å². The lowest BCUT2D eigenvalue weighted by Crippen LogP contribution is -2.48. The molecular formula is C25H27N7O5. The van der Waals surface area contributed by atoms with E-state index in [2.05, 4.69) is 30.5 Å². The average molecular weight is 506 g/mol. The summed E-state index contributed by atoms with van der Waals surface area (Å²) in [5.74, 6) is 0.707. The summed E-state index contributed by atoms with van der Waals surface area (Å²) >= 11 is 0. The third-order valence-corrected chi connectivity index (χ3v) is 6.20. The second kappa shape index (κ2) is 10.8. The molecule has 3 aromatic rings. The lowest BCUT2D eigenvalue weighted by atomic mass is 10.1. The number of anilines is 3. The van der Waals surface area contributed by atoms with Crippen LogP contribution in [0.1, 0.15) is 22.5 Å². The Morgan fingerprint density at radius 3 is 2.92 bits per heavy atom. The maximum absolute atomic E-state index is 13.4. The Kier molecular flexibility index (Phi) is 7.10. The molecule has 1 fully saturated rings. The number of nitrogens with one attached hydrogen (secondary N) is 2. The topological polar surface area (TPSA) is 153 Å². The highest BCUT2D eigenvalue weighted by Gasteiger charge is 2.40. The summed E-state index contributed by atoms with van der Waals surface area (Å²) in [6.07, 6.45) is 4.58. The third kappa shape index (κ3) is 5.44. The minimum absolute atomic E-state index is 0.0964. The van der Waals surface area contributed by atoms with Crippen molar-refractivity contribution in [3.05, 3.63) is 66.2 Å². The highest BCUT2D eigenvalue weighted by molar-refractivity contribution is 6.05. The van der Waals surface area contributed by atoms with Crippen LogP contribution in [-0.4, -0.2) is 75.6 Å². The van der Waals surface area contributed by atoms with Crippen LogP contribution in [0.15, 0.2) is 55.0 Å². The third-order valence-electron chi connectivity index (χ3n) is 6.20. The number of hydrogen-bond donors (Lipinski definition) is 4.